The number of hydrogen-bond donors (Lipinski definition) is 2. The Morgan fingerprint density at radius 2 is 1.95 bits per heavy atom. The minimum absolute atomic E-state index is 0.137. The maximum atomic E-state index is 12.8. The fraction of sp³-hybridized carbons (Fsp3) is 0.500. The van der Waals surface area contributed by atoms with Gasteiger partial charge in [0.2, 0.25) is 0 Å². The Balaban J connectivity index is 2.72. The normalized spacial score (nSPS) is 12.3. The van der Waals surface area contributed by atoms with Crippen molar-refractivity contribution in [3.63, 3.8) is 0 Å². The molecule has 124 valence electrons. The van der Waals surface area contributed by atoms with Crippen LogP contribution in [0, 0.1) is 5.41 Å². The number of hydrogen-bond acceptors (Lipinski definition) is 3. The summed E-state index contributed by atoms with van der Waals surface area (Å²) >= 11 is 2.93. The predicted octanol–water partition coefficient (Wildman–Crippen LogP) is 5.19. The van der Waals surface area contributed by atoms with Crippen LogP contribution in [0.3, 0.4) is 0 Å². The average molecular weight is 397 g/mol. The van der Waals surface area contributed by atoms with E-state index < -0.39 is 19.8 Å². The molecule has 8 heteroatoms. The lowest BCUT2D eigenvalue weighted by Crippen LogP contribution is -2.22. The second-order valence-corrected chi connectivity index (χ2v) is 12.5. The molecule has 0 saturated heterocycles. The predicted molar refractivity (Wildman–Crippen MR) is 89.6 cm³/mol. The van der Waals surface area contributed by atoms with Gasteiger partial charge < -0.3 is 15.5 Å². The smallest absolute Gasteiger partial charge is 0.362 e. The first-order valence-electron chi connectivity index (χ1n) is 6.78. The second-order valence-electron chi connectivity index (χ2n) is 6.07. The van der Waals surface area contributed by atoms with Gasteiger partial charge in [0.25, 0.3) is 0 Å². The van der Waals surface area contributed by atoms with Gasteiger partial charge in [0.1, 0.15) is 6.73 Å². The van der Waals surface area contributed by atoms with Crippen LogP contribution in [0.25, 0.3) is 0 Å². The second kappa shape index (κ2) is 7.61. The number of anilines is 1. The molecule has 0 aliphatic heterocycles. The molecule has 0 heterocycles. The minimum atomic E-state index is -4.46. The quantitative estimate of drug-likeness (QED) is 0.288. The van der Waals surface area contributed by atoms with E-state index in [0.717, 1.165) is 18.3 Å². The van der Waals surface area contributed by atoms with Crippen LogP contribution >= 0.6 is 15.9 Å². The lowest BCUT2D eigenvalue weighted by molar-refractivity contribution is -0.138. The third-order valence-electron chi connectivity index (χ3n) is 2.99. The van der Waals surface area contributed by atoms with Crippen LogP contribution in [0.2, 0.25) is 25.7 Å². The average Bonchev–Trinajstić information content (AvgIpc) is 2.35. The van der Waals surface area contributed by atoms with E-state index in [1.165, 1.54) is 6.07 Å². The van der Waals surface area contributed by atoms with Gasteiger partial charge in [-0.3, -0.25) is 0 Å². The molecule has 0 saturated carbocycles. The van der Waals surface area contributed by atoms with Crippen molar-refractivity contribution in [1.29, 1.82) is 5.41 Å². The van der Waals surface area contributed by atoms with Crippen molar-refractivity contribution in [2.45, 2.75) is 31.9 Å². The van der Waals surface area contributed by atoms with Gasteiger partial charge in [-0.2, -0.15) is 13.2 Å². The molecule has 0 amide bonds. The summed E-state index contributed by atoms with van der Waals surface area (Å²) in [4.78, 5) is 0. The van der Waals surface area contributed by atoms with E-state index >= 15 is 0 Å². The molecule has 0 aliphatic rings. The number of nitrogens with one attached hydrogen (secondary N) is 2. The van der Waals surface area contributed by atoms with E-state index in [1.807, 2.05) is 0 Å². The zero-order chi connectivity index (χ0) is 17.0. The van der Waals surface area contributed by atoms with Crippen LogP contribution < -0.4 is 5.32 Å². The van der Waals surface area contributed by atoms with Crippen LogP contribution in [0.1, 0.15) is 11.1 Å². The van der Waals surface area contributed by atoms with Gasteiger partial charge in [-0.05, 0) is 34.1 Å². The van der Waals surface area contributed by atoms with Crippen molar-refractivity contribution in [2.24, 2.45) is 0 Å². The van der Waals surface area contributed by atoms with Crippen molar-refractivity contribution in [3.05, 3.63) is 27.7 Å². The summed E-state index contributed by atoms with van der Waals surface area (Å²) in [6, 6.07) is 3.32. The van der Waals surface area contributed by atoms with Gasteiger partial charge in [0.15, 0.2) is 0 Å². The molecule has 0 aliphatic carbocycles. The van der Waals surface area contributed by atoms with Crippen LogP contribution in [-0.4, -0.2) is 27.6 Å². The molecule has 0 fully saturated rings. The fourth-order valence-corrected chi connectivity index (χ4v) is 3.13. The van der Waals surface area contributed by atoms with Crippen LogP contribution in [0.15, 0.2) is 16.6 Å². The molecule has 0 aromatic heterocycles. The highest BCUT2D eigenvalue weighted by molar-refractivity contribution is 9.10. The van der Waals surface area contributed by atoms with Gasteiger partial charge in [0.05, 0.1) is 5.56 Å². The van der Waals surface area contributed by atoms with E-state index in [-0.39, 0.29) is 16.8 Å². The molecule has 22 heavy (non-hydrogen) atoms. The monoisotopic (exact) mass is 396 g/mol. The fourth-order valence-electron chi connectivity index (χ4n) is 1.69. The molecular weight excluding hydrogens is 377 g/mol. The van der Waals surface area contributed by atoms with E-state index in [9.17, 15) is 13.2 Å². The highest BCUT2D eigenvalue weighted by Gasteiger charge is 2.34. The van der Waals surface area contributed by atoms with E-state index in [1.54, 1.807) is 0 Å². The Morgan fingerprint density at radius 1 is 1.32 bits per heavy atom. The van der Waals surface area contributed by atoms with Gasteiger partial charge in [0, 0.05) is 36.6 Å². The molecule has 3 nitrogen and oxygen atoms in total. The topological polar surface area (TPSA) is 45.1 Å². The maximum Gasteiger partial charge on any atom is 0.417 e. The lowest BCUT2D eigenvalue weighted by atomic mass is 10.1. The third-order valence-corrected chi connectivity index (χ3v) is 5.55. The van der Waals surface area contributed by atoms with Gasteiger partial charge in [-0.1, -0.05) is 19.6 Å². The number of ether oxygens (including phenoxy) is 1. The Morgan fingerprint density at radius 3 is 2.45 bits per heavy atom. The molecule has 0 spiro atoms. The third kappa shape index (κ3) is 5.73. The van der Waals surface area contributed by atoms with Crippen molar-refractivity contribution in [1.82, 2.24) is 0 Å². The first-order valence-corrected chi connectivity index (χ1v) is 11.3. The number of alkyl halides is 3. The Hall–Kier alpha value is -0.863. The first-order chi connectivity index (χ1) is 10.1. The summed E-state index contributed by atoms with van der Waals surface area (Å²) in [5.74, 6) is 0. The highest BCUT2D eigenvalue weighted by Crippen LogP contribution is 2.38. The Labute approximate surface area is 137 Å². The maximum absolute atomic E-state index is 12.8. The van der Waals surface area contributed by atoms with Gasteiger partial charge in [-0.25, -0.2) is 0 Å². The summed E-state index contributed by atoms with van der Waals surface area (Å²) in [5, 5.41) is 10.2. The SMILES string of the molecule is C[Si](C)(C)CCOCNc1ccc(C(F)(F)F)c(Br)c1C=N. The molecule has 0 radical (unpaired) electrons. The summed E-state index contributed by atoms with van der Waals surface area (Å²) in [6.07, 6.45) is -3.56. The first kappa shape index (κ1) is 19.2. The number of halogens is 4. The zero-order valence-corrected chi connectivity index (χ0v) is 15.4. The summed E-state index contributed by atoms with van der Waals surface area (Å²) in [5.41, 5.74) is -0.206. The number of benzene rings is 1. The summed E-state index contributed by atoms with van der Waals surface area (Å²) < 4.78 is 43.8. The van der Waals surface area contributed by atoms with Gasteiger partial charge >= 0.3 is 6.18 Å². The van der Waals surface area contributed by atoms with Gasteiger partial charge in [-0.15, -0.1) is 0 Å². The number of rotatable bonds is 7. The van der Waals surface area contributed by atoms with Crippen LogP contribution in [0.5, 0.6) is 0 Å². The molecule has 0 atom stereocenters. The van der Waals surface area contributed by atoms with Crippen molar-refractivity contribution in [3.8, 4) is 0 Å². The summed E-state index contributed by atoms with van der Waals surface area (Å²) in [6.45, 7) is 7.53. The highest BCUT2D eigenvalue weighted by atomic mass is 79.9. The molecule has 1 rings (SSSR count). The molecule has 1 aromatic carbocycles. The molecular formula is C14H20BrF3N2OSi. The van der Waals surface area contributed by atoms with E-state index in [4.69, 9.17) is 10.1 Å². The Bertz CT molecular complexity index is 530. The molecule has 0 unspecified atom stereocenters. The molecule has 0 bridgehead atoms. The van der Waals surface area contributed by atoms with Crippen LogP contribution in [0.4, 0.5) is 18.9 Å². The lowest BCUT2D eigenvalue weighted by Gasteiger charge is -2.17. The van der Waals surface area contributed by atoms with Crippen LogP contribution in [-0.2, 0) is 10.9 Å². The minimum Gasteiger partial charge on any atom is -0.362 e. The zero-order valence-electron chi connectivity index (χ0n) is 12.8. The molecule has 2 N–H and O–H groups in total. The summed E-state index contributed by atoms with van der Waals surface area (Å²) in [7, 11) is -1.16. The van der Waals surface area contributed by atoms with Crippen molar-refractivity contribution >= 4 is 35.9 Å². The largest absolute Gasteiger partial charge is 0.417 e. The Kier molecular flexibility index (Phi) is 6.63. The van der Waals surface area contributed by atoms with E-state index in [0.29, 0.717) is 12.3 Å². The standard InChI is InChI=1S/C14H20BrF3N2OSi/c1-22(2,3)7-6-21-9-20-12-5-4-11(14(16,17)18)13(15)10(12)8-19/h4-5,8,19-20H,6-7,9H2,1-3H3. The van der Waals surface area contributed by atoms with Crippen molar-refractivity contribution < 1.29 is 17.9 Å². The van der Waals surface area contributed by atoms with Crippen molar-refractivity contribution in [2.75, 3.05) is 18.7 Å². The molecule has 1 aromatic rings. The van der Waals surface area contributed by atoms with E-state index in [2.05, 4.69) is 40.9 Å².